The zero-order valence-corrected chi connectivity index (χ0v) is 12.7. The van der Waals surface area contributed by atoms with Gasteiger partial charge < -0.3 is 0 Å². The van der Waals surface area contributed by atoms with E-state index >= 15 is 0 Å². The van der Waals surface area contributed by atoms with E-state index < -0.39 is 0 Å². The van der Waals surface area contributed by atoms with Gasteiger partial charge in [-0.15, -0.1) is 11.3 Å². The van der Waals surface area contributed by atoms with Gasteiger partial charge in [-0.25, -0.2) is 4.98 Å². The molecule has 0 amide bonds. The molecule has 3 heteroatoms. The highest BCUT2D eigenvalue weighted by atomic mass is 32.1. The Balaban J connectivity index is 1.71. The van der Waals surface area contributed by atoms with Gasteiger partial charge in [0.15, 0.2) is 4.96 Å². The highest BCUT2D eigenvalue weighted by molar-refractivity contribution is 7.15. The second-order valence-electron chi connectivity index (χ2n) is 5.21. The summed E-state index contributed by atoms with van der Waals surface area (Å²) in [5, 5.41) is 2.18. The summed E-state index contributed by atoms with van der Waals surface area (Å²) < 4.78 is 2.15. The summed E-state index contributed by atoms with van der Waals surface area (Å²) in [4.78, 5) is 5.38. The molecule has 2 nitrogen and oxygen atoms in total. The molecule has 0 aliphatic heterocycles. The van der Waals surface area contributed by atoms with E-state index in [4.69, 9.17) is 0 Å². The number of imidazole rings is 1. The molecule has 3 rings (SSSR count). The van der Waals surface area contributed by atoms with Crippen molar-refractivity contribution in [3.05, 3.63) is 47.6 Å². The van der Waals surface area contributed by atoms with Crippen LogP contribution in [0.1, 0.15) is 38.2 Å². The Morgan fingerprint density at radius 3 is 2.75 bits per heavy atom. The van der Waals surface area contributed by atoms with E-state index in [9.17, 15) is 0 Å². The van der Waals surface area contributed by atoms with Gasteiger partial charge in [0, 0.05) is 17.8 Å². The Labute approximate surface area is 124 Å². The minimum Gasteiger partial charge on any atom is -0.290 e. The third kappa shape index (κ3) is 2.78. The Morgan fingerprint density at radius 2 is 1.95 bits per heavy atom. The van der Waals surface area contributed by atoms with Gasteiger partial charge in [-0.1, -0.05) is 50.5 Å². The fourth-order valence-electron chi connectivity index (χ4n) is 2.53. The lowest BCUT2D eigenvalue weighted by molar-refractivity contribution is 0.667. The standard InChI is InChI=1S/C17H20N2S/c1-2-3-4-5-6-14-7-9-15(10-8-14)16-13-20-17-18-11-12-19(16)17/h7-13H,2-6H2,1H3. The fourth-order valence-corrected chi connectivity index (χ4v) is 3.39. The van der Waals surface area contributed by atoms with E-state index in [0.717, 1.165) is 4.96 Å². The molecule has 0 bridgehead atoms. The molecule has 0 unspecified atom stereocenters. The first-order valence-electron chi connectivity index (χ1n) is 7.38. The van der Waals surface area contributed by atoms with E-state index in [0.29, 0.717) is 0 Å². The molecule has 0 spiro atoms. The van der Waals surface area contributed by atoms with Crippen LogP contribution in [-0.4, -0.2) is 9.38 Å². The van der Waals surface area contributed by atoms with Gasteiger partial charge in [-0.3, -0.25) is 4.40 Å². The normalized spacial score (nSPS) is 11.2. The largest absolute Gasteiger partial charge is 0.290 e. The van der Waals surface area contributed by atoms with Gasteiger partial charge in [0.1, 0.15) is 0 Å². The summed E-state index contributed by atoms with van der Waals surface area (Å²) in [6, 6.07) is 9.00. The molecule has 0 saturated heterocycles. The summed E-state index contributed by atoms with van der Waals surface area (Å²) >= 11 is 1.69. The quantitative estimate of drug-likeness (QED) is 0.570. The Morgan fingerprint density at radius 1 is 1.10 bits per heavy atom. The summed E-state index contributed by atoms with van der Waals surface area (Å²) in [7, 11) is 0. The van der Waals surface area contributed by atoms with Crippen LogP contribution in [0.2, 0.25) is 0 Å². The van der Waals surface area contributed by atoms with Crippen LogP contribution in [0, 0.1) is 0 Å². The predicted molar refractivity (Wildman–Crippen MR) is 86.4 cm³/mol. The van der Waals surface area contributed by atoms with Crippen molar-refractivity contribution in [2.45, 2.75) is 39.0 Å². The maximum absolute atomic E-state index is 4.32. The number of aryl methyl sites for hydroxylation is 1. The minimum absolute atomic E-state index is 1.06. The average molecular weight is 284 g/mol. The molecule has 0 fully saturated rings. The summed E-state index contributed by atoms with van der Waals surface area (Å²) in [5.74, 6) is 0. The van der Waals surface area contributed by atoms with Crippen molar-refractivity contribution < 1.29 is 0 Å². The van der Waals surface area contributed by atoms with Gasteiger partial charge in [0.25, 0.3) is 0 Å². The monoisotopic (exact) mass is 284 g/mol. The zero-order valence-electron chi connectivity index (χ0n) is 11.9. The molecule has 0 aliphatic carbocycles. The third-order valence-corrected chi connectivity index (χ3v) is 4.57. The van der Waals surface area contributed by atoms with Crippen molar-refractivity contribution in [1.82, 2.24) is 9.38 Å². The lowest BCUT2D eigenvalue weighted by atomic mass is 10.0. The van der Waals surface area contributed by atoms with Crippen molar-refractivity contribution >= 4 is 16.3 Å². The second-order valence-corrected chi connectivity index (χ2v) is 6.04. The lowest BCUT2D eigenvalue weighted by Gasteiger charge is -2.04. The number of unbranched alkanes of at least 4 members (excludes halogenated alkanes) is 3. The molecule has 3 aromatic rings. The van der Waals surface area contributed by atoms with Gasteiger partial charge in [0.2, 0.25) is 0 Å². The van der Waals surface area contributed by atoms with Crippen LogP contribution < -0.4 is 0 Å². The predicted octanol–water partition coefficient (Wildman–Crippen LogP) is 5.19. The first kappa shape index (κ1) is 13.4. The molecular weight excluding hydrogens is 264 g/mol. The van der Waals surface area contributed by atoms with Crippen LogP contribution in [0.25, 0.3) is 16.2 Å². The van der Waals surface area contributed by atoms with E-state index in [1.807, 2.05) is 12.4 Å². The number of nitrogens with zero attached hydrogens (tertiary/aromatic N) is 2. The smallest absolute Gasteiger partial charge is 0.194 e. The molecular formula is C17H20N2S. The van der Waals surface area contributed by atoms with E-state index in [1.165, 1.54) is 48.9 Å². The van der Waals surface area contributed by atoms with Crippen LogP contribution in [0.3, 0.4) is 0 Å². The van der Waals surface area contributed by atoms with Crippen LogP contribution in [0.5, 0.6) is 0 Å². The van der Waals surface area contributed by atoms with Crippen LogP contribution in [0.4, 0.5) is 0 Å². The topological polar surface area (TPSA) is 17.3 Å². The molecule has 20 heavy (non-hydrogen) atoms. The summed E-state index contributed by atoms with van der Waals surface area (Å²) in [6.07, 6.45) is 10.4. The Bertz CT molecular complexity index is 664. The average Bonchev–Trinajstić information content (AvgIpc) is 3.07. The SMILES string of the molecule is CCCCCCc1ccc(-c2csc3nccn23)cc1. The van der Waals surface area contributed by atoms with E-state index in [2.05, 4.69) is 46.0 Å². The van der Waals surface area contributed by atoms with Crippen LogP contribution >= 0.6 is 11.3 Å². The number of rotatable bonds is 6. The van der Waals surface area contributed by atoms with Crippen molar-refractivity contribution in [2.75, 3.05) is 0 Å². The summed E-state index contributed by atoms with van der Waals surface area (Å²) in [6.45, 7) is 2.26. The molecule has 0 atom stereocenters. The maximum atomic E-state index is 4.32. The van der Waals surface area contributed by atoms with Gasteiger partial charge in [0.05, 0.1) is 5.69 Å². The fraction of sp³-hybridized carbons (Fsp3) is 0.353. The maximum Gasteiger partial charge on any atom is 0.194 e. The zero-order chi connectivity index (χ0) is 13.8. The number of hydrogen-bond acceptors (Lipinski definition) is 2. The van der Waals surface area contributed by atoms with Crippen molar-refractivity contribution in [1.29, 1.82) is 0 Å². The Kier molecular flexibility index (Phi) is 4.16. The molecule has 0 aliphatic rings. The minimum atomic E-state index is 1.06. The van der Waals surface area contributed by atoms with Gasteiger partial charge in [-0.05, 0) is 24.0 Å². The van der Waals surface area contributed by atoms with Gasteiger partial charge in [-0.2, -0.15) is 0 Å². The van der Waals surface area contributed by atoms with Crippen molar-refractivity contribution in [3.8, 4) is 11.3 Å². The first-order valence-corrected chi connectivity index (χ1v) is 8.26. The molecule has 2 heterocycles. The third-order valence-electron chi connectivity index (χ3n) is 3.71. The highest BCUT2D eigenvalue weighted by Crippen LogP contribution is 2.25. The number of aromatic nitrogens is 2. The van der Waals surface area contributed by atoms with Crippen molar-refractivity contribution in [3.63, 3.8) is 0 Å². The molecule has 2 aromatic heterocycles. The molecule has 1 aromatic carbocycles. The first-order chi connectivity index (χ1) is 9.88. The lowest BCUT2D eigenvalue weighted by Crippen LogP contribution is -1.88. The van der Waals surface area contributed by atoms with Crippen LogP contribution in [-0.2, 0) is 6.42 Å². The van der Waals surface area contributed by atoms with Crippen LogP contribution in [0.15, 0.2) is 42.0 Å². The number of fused-ring (bicyclic) bond motifs is 1. The molecule has 0 radical (unpaired) electrons. The van der Waals surface area contributed by atoms with E-state index in [-0.39, 0.29) is 0 Å². The molecule has 0 saturated carbocycles. The Hall–Kier alpha value is -1.61. The number of benzene rings is 1. The molecule has 104 valence electrons. The van der Waals surface area contributed by atoms with Gasteiger partial charge >= 0.3 is 0 Å². The van der Waals surface area contributed by atoms with Crippen molar-refractivity contribution in [2.24, 2.45) is 0 Å². The number of hydrogen-bond donors (Lipinski definition) is 0. The summed E-state index contributed by atoms with van der Waals surface area (Å²) in [5.41, 5.74) is 3.95. The molecule has 0 N–H and O–H groups in total. The second kappa shape index (κ2) is 6.23. The highest BCUT2D eigenvalue weighted by Gasteiger charge is 2.06. The number of thiazole rings is 1. The van der Waals surface area contributed by atoms with E-state index in [1.54, 1.807) is 11.3 Å².